The molecule has 30 heavy (non-hydrogen) atoms. The molecule has 1 aromatic heterocycles. The van der Waals surface area contributed by atoms with Gasteiger partial charge in [-0.1, -0.05) is 74.1 Å². The van der Waals surface area contributed by atoms with Crippen LogP contribution in [0.5, 0.6) is 0 Å². The van der Waals surface area contributed by atoms with E-state index < -0.39 is 0 Å². The largest absolute Gasteiger partial charge is 0.351 e. The molecule has 0 aliphatic rings. The Morgan fingerprint density at radius 3 is 2.37 bits per heavy atom. The van der Waals surface area contributed by atoms with Crippen molar-refractivity contribution in [3.05, 3.63) is 77.6 Å². The summed E-state index contributed by atoms with van der Waals surface area (Å²) in [4.78, 5) is 29.1. The van der Waals surface area contributed by atoms with Gasteiger partial charge in [-0.25, -0.2) is 4.98 Å². The molecule has 0 fully saturated rings. The quantitative estimate of drug-likeness (QED) is 0.459. The van der Waals surface area contributed by atoms with E-state index in [1.807, 2.05) is 62.4 Å². The average Bonchev–Trinajstić information content (AvgIpc) is 3.24. The molecule has 0 bridgehead atoms. The van der Waals surface area contributed by atoms with Crippen LogP contribution in [0.15, 0.2) is 65.8 Å². The van der Waals surface area contributed by atoms with Crippen molar-refractivity contribution >= 4 is 23.6 Å². The van der Waals surface area contributed by atoms with Gasteiger partial charge in [-0.05, 0) is 23.6 Å². The predicted octanol–water partition coefficient (Wildman–Crippen LogP) is 3.34. The molecule has 0 radical (unpaired) electrons. The number of nitrogens with one attached hydrogen (secondary N) is 3. The van der Waals surface area contributed by atoms with Crippen LogP contribution in [0.2, 0.25) is 0 Å². The number of benzene rings is 2. The van der Waals surface area contributed by atoms with Crippen LogP contribution in [0.1, 0.15) is 41.6 Å². The van der Waals surface area contributed by atoms with E-state index in [1.165, 1.54) is 11.8 Å². The van der Waals surface area contributed by atoms with Gasteiger partial charge in [0.2, 0.25) is 11.1 Å². The first-order chi connectivity index (χ1) is 14.5. The summed E-state index contributed by atoms with van der Waals surface area (Å²) < 4.78 is 0. The van der Waals surface area contributed by atoms with Crippen molar-refractivity contribution in [1.82, 2.24) is 25.8 Å². The molecule has 3 N–H and O–H groups in total. The molecule has 0 spiro atoms. The minimum Gasteiger partial charge on any atom is -0.351 e. The molecule has 8 heteroatoms. The second-order valence-electron chi connectivity index (χ2n) is 7.12. The first-order valence-corrected chi connectivity index (χ1v) is 10.7. The van der Waals surface area contributed by atoms with Gasteiger partial charge in [0, 0.05) is 12.1 Å². The highest BCUT2D eigenvalue weighted by Gasteiger charge is 2.23. The van der Waals surface area contributed by atoms with Gasteiger partial charge in [0.1, 0.15) is 5.82 Å². The number of aromatic nitrogens is 3. The molecule has 1 heterocycles. The summed E-state index contributed by atoms with van der Waals surface area (Å²) >= 11 is 1.25. The lowest BCUT2D eigenvalue weighted by molar-refractivity contribution is -0.118. The van der Waals surface area contributed by atoms with Crippen LogP contribution >= 0.6 is 11.8 Å². The Bertz CT molecular complexity index is 960. The molecule has 0 aliphatic heterocycles. The SMILES string of the molecule is CC(C)C(NC(=O)c1ccccc1)c1nc(SCC(=O)NCc2ccccc2)n[nH]1. The number of carbonyl (C=O) groups is 2. The van der Waals surface area contributed by atoms with Gasteiger partial charge in [-0.15, -0.1) is 5.10 Å². The molecule has 1 unspecified atom stereocenters. The molecule has 0 saturated heterocycles. The molecule has 1 atom stereocenters. The van der Waals surface area contributed by atoms with Gasteiger partial charge >= 0.3 is 0 Å². The van der Waals surface area contributed by atoms with E-state index in [0.717, 1.165) is 5.56 Å². The molecule has 0 aliphatic carbocycles. The molecule has 0 saturated carbocycles. The Morgan fingerprint density at radius 1 is 1.03 bits per heavy atom. The summed E-state index contributed by atoms with van der Waals surface area (Å²) in [6.45, 7) is 4.49. The molecule has 2 amide bonds. The van der Waals surface area contributed by atoms with Crippen molar-refractivity contribution in [3.8, 4) is 0 Å². The fourth-order valence-electron chi connectivity index (χ4n) is 2.80. The lowest BCUT2D eigenvalue weighted by Gasteiger charge is -2.19. The maximum absolute atomic E-state index is 12.5. The molecule has 3 rings (SSSR count). The third-order valence-electron chi connectivity index (χ3n) is 4.43. The van der Waals surface area contributed by atoms with E-state index in [4.69, 9.17) is 0 Å². The highest BCUT2D eigenvalue weighted by molar-refractivity contribution is 7.99. The van der Waals surface area contributed by atoms with Gasteiger partial charge in [0.15, 0.2) is 0 Å². The van der Waals surface area contributed by atoms with Crippen LogP contribution in [0, 0.1) is 5.92 Å². The second kappa shape index (κ2) is 10.6. The highest BCUT2D eigenvalue weighted by atomic mass is 32.2. The van der Waals surface area contributed by atoms with Crippen molar-refractivity contribution in [2.24, 2.45) is 5.92 Å². The monoisotopic (exact) mass is 423 g/mol. The van der Waals surface area contributed by atoms with E-state index in [-0.39, 0.29) is 29.5 Å². The maximum Gasteiger partial charge on any atom is 0.251 e. The standard InChI is InChI=1S/C22H25N5O2S/c1-15(2)19(24-21(29)17-11-7-4-8-12-17)20-25-22(27-26-20)30-14-18(28)23-13-16-9-5-3-6-10-16/h3-12,15,19H,13-14H2,1-2H3,(H,23,28)(H,24,29)(H,25,26,27). The fourth-order valence-corrected chi connectivity index (χ4v) is 3.44. The van der Waals surface area contributed by atoms with E-state index >= 15 is 0 Å². The van der Waals surface area contributed by atoms with Crippen LogP contribution in [0.4, 0.5) is 0 Å². The number of rotatable bonds is 9. The van der Waals surface area contributed by atoms with E-state index in [2.05, 4.69) is 25.8 Å². The van der Waals surface area contributed by atoms with E-state index in [9.17, 15) is 9.59 Å². The Morgan fingerprint density at radius 2 is 1.70 bits per heavy atom. The number of hydrogen-bond acceptors (Lipinski definition) is 5. The van der Waals surface area contributed by atoms with Crippen molar-refractivity contribution < 1.29 is 9.59 Å². The molecular weight excluding hydrogens is 398 g/mol. The zero-order chi connectivity index (χ0) is 21.3. The van der Waals surface area contributed by atoms with Gasteiger partial charge in [0.25, 0.3) is 5.91 Å². The molecule has 7 nitrogen and oxygen atoms in total. The van der Waals surface area contributed by atoms with Crippen molar-refractivity contribution in [2.75, 3.05) is 5.75 Å². The summed E-state index contributed by atoms with van der Waals surface area (Å²) in [5, 5.41) is 13.4. The third-order valence-corrected chi connectivity index (χ3v) is 5.28. The average molecular weight is 424 g/mol. The predicted molar refractivity (Wildman–Crippen MR) is 117 cm³/mol. The van der Waals surface area contributed by atoms with Gasteiger partial charge < -0.3 is 10.6 Å². The Hall–Kier alpha value is -3.13. The lowest BCUT2D eigenvalue weighted by Crippen LogP contribution is -2.32. The molecular formula is C22H25N5O2S. The number of nitrogens with zero attached hydrogens (tertiary/aromatic N) is 2. The van der Waals surface area contributed by atoms with Gasteiger partial charge in [-0.2, -0.15) is 0 Å². The van der Waals surface area contributed by atoms with Crippen LogP contribution in [-0.4, -0.2) is 32.7 Å². The number of aromatic amines is 1. The van der Waals surface area contributed by atoms with Gasteiger partial charge in [0.05, 0.1) is 11.8 Å². The molecule has 3 aromatic rings. The van der Waals surface area contributed by atoms with Gasteiger partial charge in [-0.3, -0.25) is 14.7 Å². The second-order valence-corrected chi connectivity index (χ2v) is 8.06. The maximum atomic E-state index is 12.5. The van der Waals surface area contributed by atoms with E-state index in [1.54, 1.807) is 12.1 Å². The van der Waals surface area contributed by atoms with Crippen LogP contribution in [-0.2, 0) is 11.3 Å². The molecule has 156 valence electrons. The summed E-state index contributed by atoms with van der Waals surface area (Å²) in [6, 6.07) is 18.5. The van der Waals surface area contributed by atoms with Crippen LogP contribution in [0.3, 0.4) is 0 Å². The third kappa shape index (κ3) is 6.18. The van der Waals surface area contributed by atoms with Crippen LogP contribution < -0.4 is 10.6 Å². The lowest BCUT2D eigenvalue weighted by atomic mass is 10.0. The molecule has 2 aromatic carbocycles. The fraction of sp³-hybridized carbons (Fsp3) is 0.273. The highest BCUT2D eigenvalue weighted by Crippen LogP contribution is 2.21. The zero-order valence-corrected chi connectivity index (χ0v) is 17.8. The minimum atomic E-state index is -0.313. The summed E-state index contributed by atoms with van der Waals surface area (Å²) in [7, 11) is 0. The summed E-state index contributed by atoms with van der Waals surface area (Å²) in [5.41, 5.74) is 1.64. The van der Waals surface area contributed by atoms with E-state index in [0.29, 0.717) is 23.1 Å². The Labute approximate surface area is 180 Å². The first kappa shape index (κ1) is 21.6. The zero-order valence-electron chi connectivity index (χ0n) is 17.0. The number of H-pyrrole nitrogens is 1. The number of thioether (sulfide) groups is 1. The normalized spacial score (nSPS) is 11.8. The minimum absolute atomic E-state index is 0.0898. The van der Waals surface area contributed by atoms with Crippen molar-refractivity contribution in [3.63, 3.8) is 0 Å². The smallest absolute Gasteiger partial charge is 0.251 e. The van der Waals surface area contributed by atoms with Crippen LogP contribution in [0.25, 0.3) is 0 Å². The Kier molecular flexibility index (Phi) is 7.62. The number of carbonyl (C=O) groups excluding carboxylic acids is 2. The number of amides is 2. The topological polar surface area (TPSA) is 99.8 Å². The summed E-state index contributed by atoms with van der Waals surface area (Å²) in [5.74, 6) is 0.639. The van der Waals surface area contributed by atoms with Crippen molar-refractivity contribution in [1.29, 1.82) is 0 Å². The van der Waals surface area contributed by atoms with Crippen molar-refractivity contribution in [2.45, 2.75) is 31.6 Å². The first-order valence-electron chi connectivity index (χ1n) is 9.74. The Balaban J connectivity index is 1.54. The summed E-state index contributed by atoms with van der Waals surface area (Å²) in [6.07, 6.45) is 0. The number of hydrogen-bond donors (Lipinski definition) is 3.